The van der Waals surface area contributed by atoms with E-state index in [1.165, 1.54) is 44.6 Å². The molecule has 3 rings (SSSR count). The van der Waals surface area contributed by atoms with Crippen LogP contribution in [0.15, 0.2) is 30.3 Å². The molecule has 0 aliphatic carbocycles. The Hall–Kier alpha value is -0.940. The minimum atomic E-state index is 0.574. The second-order valence-electron chi connectivity index (χ2n) is 8.29. The maximum Gasteiger partial charge on any atom is 0.0589 e. The van der Waals surface area contributed by atoms with Crippen molar-refractivity contribution in [1.82, 2.24) is 14.7 Å². The Kier molecular flexibility index (Phi) is 6.50. The molecule has 1 spiro atoms. The first-order valence-corrected chi connectivity index (χ1v) is 9.78. The third-order valence-corrected chi connectivity index (χ3v) is 6.07. The first kappa shape index (κ1) is 18.8. The van der Waals surface area contributed by atoms with Gasteiger partial charge < -0.3 is 9.64 Å². The van der Waals surface area contributed by atoms with Crippen molar-refractivity contribution in [2.45, 2.75) is 32.4 Å². The number of benzene rings is 1. The maximum absolute atomic E-state index is 5.16. The van der Waals surface area contributed by atoms with Gasteiger partial charge in [-0.1, -0.05) is 30.3 Å². The molecule has 2 aliphatic heterocycles. The smallest absolute Gasteiger partial charge is 0.0589 e. The lowest BCUT2D eigenvalue weighted by Crippen LogP contribution is -2.60. The Bertz CT molecular complexity index is 515. The van der Waals surface area contributed by atoms with E-state index < -0.39 is 0 Å². The summed E-state index contributed by atoms with van der Waals surface area (Å²) in [5, 5.41) is 0. The minimum absolute atomic E-state index is 0.574. The first-order valence-electron chi connectivity index (χ1n) is 9.78. The van der Waals surface area contributed by atoms with Crippen LogP contribution in [0.2, 0.25) is 0 Å². The number of likely N-dealkylation sites (N-methyl/N-ethyl adjacent to an activating group) is 1. The molecule has 1 aromatic carbocycles. The molecule has 1 aromatic rings. The summed E-state index contributed by atoms with van der Waals surface area (Å²) >= 11 is 0. The van der Waals surface area contributed by atoms with Crippen LogP contribution in [0.1, 0.15) is 25.3 Å². The van der Waals surface area contributed by atoms with Gasteiger partial charge in [0.15, 0.2) is 0 Å². The van der Waals surface area contributed by atoms with E-state index in [0.29, 0.717) is 11.5 Å². The summed E-state index contributed by atoms with van der Waals surface area (Å²) in [6.07, 6.45) is 2.63. The largest absolute Gasteiger partial charge is 0.383 e. The lowest BCUT2D eigenvalue weighted by Gasteiger charge is -2.51. The first-order chi connectivity index (χ1) is 12.1. The lowest BCUT2D eigenvalue weighted by molar-refractivity contribution is -0.0237. The zero-order chi connectivity index (χ0) is 17.7. The van der Waals surface area contributed by atoms with Crippen LogP contribution in [-0.4, -0.2) is 80.8 Å². The minimum Gasteiger partial charge on any atom is -0.383 e. The molecule has 4 heteroatoms. The van der Waals surface area contributed by atoms with Crippen LogP contribution >= 0.6 is 0 Å². The molecule has 0 aromatic heterocycles. The third kappa shape index (κ3) is 5.04. The van der Waals surface area contributed by atoms with Gasteiger partial charge >= 0.3 is 0 Å². The molecule has 2 saturated heterocycles. The highest BCUT2D eigenvalue weighted by molar-refractivity contribution is 5.15. The Morgan fingerprint density at radius 2 is 1.92 bits per heavy atom. The maximum atomic E-state index is 5.16. The summed E-state index contributed by atoms with van der Waals surface area (Å²) < 4.78 is 5.16. The number of rotatable bonds is 9. The van der Waals surface area contributed by atoms with Gasteiger partial charge in [0.25, 0.3) is 0 Å². The predicted molar refractivity (Wildman–Crippen MR) is 104 cm³/mol. The van der Waals surface area contributed by atoms with Crippen molar-refractivity contribution < 1.29 is 4.74 Å². The van der Waals surface area contributed by atoms with Gasteiger partial charge in [-0.15, -0.1) is 0 Å². The van der Waals surface area contributed by atoms with Crippen LogP contribution in [0, 0.1) is 5.41 Å². The van der Waals surface area contributed by atoms with Gasteiger partial charge in [-0.25, -0.2) is 0 Å². The molecule has 2 fully saturated rings. The van der Waals surface area contributed by atoms with Crippen molar-refractivity contribution in [1.29, 1.82) is 0 Å². The quantitative estimate of drug-likeness (QED) is 0.685. The number of ether oxygens (including phenoxy) is 1. The van der Waals surface area contributed by atoms with Crippen LogP contribution in [0.5, 0.6) is 0 Å². The van der Waals surface area contributed by atoms with Crippen molar-refractivity contribution in [2.24, 2.45) is 5.41 Å². The number of methoxy groups -OCH3 is 1. The molecule has 0 saturated carbocycles. The molecule has 0 bridgehead atoms. The van der Waals surface area contributed by atoms with E-state index in [2.05, 4.69) is 59.0 Å². The van der Waals surface area contributed by atoms with E-state index in [-0.39, 0.29) is 0 Å². The molecular weight excluding hydrogens is 310 g/mol. The average molecular weight is 346 g/mol. The number of hydrogen-bond acceptors (Lipinski definition) is 4. The third-order valence-electron chi connectivity index (χ3n) is 6.07. The van der Waals surface area contributed by atoms with Crippen molar-refractivity contribution in [3.63, 3.8) is 0 Å². The Morgan fingerprint density at radius 1 is 1.16 bits per heavy atom. The number of likely N-dealkylation sites (tertiary alicyclic amines) is 2. The van der Waals surface area contributed by atoms with Gasteiger partial charge in [0.2, 0.25) is 0 Å². The van der Waals surface area contributed by atoms with E-state index in [1.54, 1.807) is 7.11 Å². The van der Waals surface area contributed by atoms with Crippen LogP contribution < -0.4 is 0 Å². The molecule has 0 N–H and O–H groups in total. The predicted octanol–water partition coefficient (Wildman–Crippen LogP) is 2.55. The molecule has 2 heterocycles. The van der Waals surface area contributed by atoms with Gasteiger partial charge in [0.05, 0.1) is 6.61 Å². The highest BCUT2D eigenvalue weighted by atomic mass is 16.5. The summed E-state index contributed by atoms with van der Waals surface area (Å²) in [5.41, 5.74) is 2.02. The van der Waals surface area contributed by atoms with E-state index in [9.17, 15) is 0 Å². The van der Waals surface area contributed by atoms with E-state index in [4.69, 9.17) is 4.74 Å². The normalized spacial score (nSPS) is 21.8. The summed E-state index contributed by atoms with van der Waals surface area (Å²) in [4.78, 5) is 7.72. The van der Waals surface area contributed by atoms with Gasteiger partial charge in [-0.05, 0) is 45.5 Å². The van der Waals surface area contributed by atoms with Gasteiger partial charge in [-0.3, -0.25) is 9.80 Å². The molecular formula is C21H35N3O. The SMILES string of the molecule is COCCN(C)CCC(C)N1CC2(CCN(Cc3ccccc3)C2)C1. The van der Waals surface area contributed by atoms with E-state index >= 15 is 0 Å². The number of nitrogens with zero attached hydrogens (tertiary/aromatic N) is 3. The molecule has 140 valence electrons. The summed E-state index contributed by atoms with van der Waals surface area (Å²) in [6, 6.07) is 11.6. The summed E-state index contributed by atoms with van der Waals surface area (Å²) in [7, 11) is 3.97. The second kappa shape index (κ2) is 8.63. The molecule has 2 aliphatic rings. The Labute approximate surface area is 153 Å². The van der Waals surface area contributed by atoms with Crippen LogP contribution in [0.4, 0.5) is 0 Å². The Balaban J connectivity index is 1.37. The molecule has 0 amide bonds. The highest BCUT2D eigenvalue weighted by Crippen LogP contribution is 2.41. The van der Waals surface area contributed by atoms with Gasteiger partial charge in [-0.2, -0.15) is 0 Å². The Morgan fingerprint density at radius 3 is 2.64 bits per heavy atom. The van der Waals surface area contributed by atoms with Crippen LogP contribution in [-0.2, 0) is 11.3 Å². The highest BCUT2D eigenvalue weighted by Gasteiger charge is 2.48. The lowest BCUT2D eigenvalue weighted by atomic mass is 9.78. The molecule has 0 radical (unpaired) electrons. The van der Waals surface area contributed by atoms with E-state index in [1.807, 2.05) is 0 Å². The number of hydrogen-bond donors (Lipinski definition) is 0. The zero-order valence-electron chi connectivity index (χ0n) is 16.3. The fourth-order valence-electron chi connectivity index (χ4n) is 4.34. The van der Waals surface area contributed by atoms with Crippen molar-refractivity contribution in [2.75, 3.05) is 60.0 Å². The summed E-state index contributed by atoms with van der Waals surface area (Å²) in [6.45, 7) is 11.7. The molecule has 1 atom stereocenters. The van der Waals surface area contributed by atoms with Crippen molar-refractivity contribution in [3.05, 3.63) is 35.9 Å². The topological polar surface area (TPSA) is 19.0 Å². The van der Waals surface area contributed by atoms with Crippen molar-refractivity contribution >= 4 is 0 Å². The van der Waals surface area contributed by atoms with Gasteiger partial charge in [0, 0.05) is 51.3 Å². The molecule has 1 unspecified atom stereocenters. The van der Waals surface area contributed by atoms with Crippen molar-refractivity contribution in [3.8, 4) is 0 Å². The standard InChI is InChI=1S/C21H35N3O/c1-19(9-11-22(2)13-14-25-3)24-17-21(18-24)10-12-23(16-21)15-20-7-5-4-6-8-20/h4-8,19H,9-18H2,1-3H3. The monoisotopic (exact) mass is 345 g/mol. The molecule has 25 heavy (non-hydrogen) atoms. The fraction of sp³-hybridized carbons (Fsp3) is 0.714. The fourth-order valence-corrected chi connectivity index (χ4v) is 4.34. The van der Waals surface area contributed by atoms with E-state index in [0.717, 1.165) is 26.2 Å². The molecule has 4 nitrogen and oxygen atoms in total. The zero-order valence-corrected chi connectivity index (χ0v) is 16.3. The second-order valence-corrected chi connectivity index (χ2v) is 8.29. The average Bonchev–Trinajstić information content (AvgIpc) is 3.01. The van der Waals surface area contributed by atoms with Gasteiger partial charge in [0.1, 0.15) is 0 Å². The van der Waals surface area contributed by atoms with Crippen LogP contribution in [0.25, 0.3) is 0 Å². The van der Waals surface area contributed by atoms with Crippen LogP contribution in [0.3, 0.4) is 0 Å². The summed E-state index contributed by atoms with van der Waals surface area (Å²) in [5.74, 6) is 0.